The number of esters is 1. The van der Waals surface area contributed by atoms with Gasteiger partial charge >= 0.3 is 11.9 Å². The molecule has 1 heterocycles. The fourth-order valence-electron chi connectivity index (χ4n) is 3.62. The summed E-state index contributed by atoms with van der Waals surface area (Å²) in [5.74, 6) is -1.03. The summed E-state index contributed by atoms with van der Waals surface area (Å²) >= 11 is 0. The molecule has 0 aliphatic carbocycles. The number of hydrogen-bond donors (Lipinski definition) is 2. The van der Waals surface area contributed by atoms with Gasteiger partial charge in [-0.1, -0.05) is 43.2 Å². The van der Waals surface area contributed by atoms with Crippen LogP contribution in [0.4, 0.5) is 0 Å². The molecule has 1 fully saturated rings. The number of aliphatic carboxylic acids is 1. The molecule has 6 nitrogen and oxygen atoms in total. The number of nitrogens with zero attached hydrogens (tertiary/aromatic N) is 1. The van der Waals surface area contributed by atoms with E-state index in [-0.39, 0.29) is 24.6 Å². The minimum absolute atomic E-state index is 0.0479. The van der Waals surface area contributed by atoms with E-state index >= 15 is 0 Å². The summed E-state index contributed by atoms with van der Waals surface area (Å²) in [6.07, 6.45) is 5.60. The minimum Gasteiger partial charge on any atom is -0.480 e. The van der Waals surface area contributed by atoms with E-state index in [1.54, 1.807) is 0 Å². The van der Waals surface area contributed by atoms with Gasteiger partial charge in [-0.3, -0.25) is 14.5 Å². The van der Waals surface area contributed by atoms with Crippen molar-refractivity contribution in [2.45, 2.75) is 57.5 Å². The lowest BCUT2D eigenvalue weighted by Crippen LogP contribution is -2.50. The third-order valence-corrected chi connectivity index (χ3v) is 4.94. The monoisotopic (exact) mass is 376 g/mol. The minimum atomic E-state index is -0.805. The molecule has 0 saturated carbocycles. The van der Waals surface area contributed by atoms with E-state index in [9.17, 15) is 9.59 Å². The van der Waals surface area contributed by atoms with Crippen LogP contribution in [-0.2, 0) is 20.7 Å². The second kappa shape index (κ2) is 11.7. The molecule has 1 aliphatic heterocycles. The maximum absolute atomic E-state index is 12.5. The third-order valence-electron chi connectivity index (χ3n) is 4.94. The van der Waals surface area contributed by atoms with Gasteiger partial charge in [-0.15, -0.1) is 0 Å². The number of aryl methyl sites for hydroxylation is 1. The van der Waals surface area contributed by atoms with Gasteiger partial charge in [0.2, 0.25) is 0 Å². The van der Waals surface area contributed by atoms with Crippen LogP contribution in [0.25, 0.3) is 0 Å². The Morgan fingerprint density at radius 1 is 1.26 bits per heavy atom. The van der Waals surface area contributed by atoms with Crippen molar-refractivity contribution in [3.63, 3.8) is 0 Å². The van der Waals surface area contributed by atoms with Crippen LogP contribution < -0.4 is 5.32 Å². The molecule has 0 spiro atoms. The summed E-state index contributed by atoms with van der Waals surface area (Å²) < 4.78 is 5.27. The number of rotatable bonds is 9. The van der Waals surface area contributed by atoms with Crippen molar-refractivity contribution in [2.24, 2.45) is 0 Å². The van der Waals surface area contributed by atoms with Crippen LogP contribution in [0.1, 0.15) is 44.6 Å². The van der Waals surface area contributed by atoms with E-state index in [1.165, 1.54) is 5.56 Å². The lowest BCUT2D eigenvalue weighted by atomic mass is 10.0. The zero-order valence-electron chi connectivity index (χ0n) is 16.2. The molecular weight excluding hydrogens is 344 g/mol. The molecule has 1 aromatic rings. The van der Waals surface area contributed by atoms with Crippen LogP contribution in [0.3, 0.4) is 0 Å². The van der Waals surface area contributed by atoms with Crippen LogP contribution in [0.2, 0.25) is 0 Å². The number of carbonyl (C=O) groups excluding carboxylic acids is 1. The highest BCUT2D eigenvalue weighted by atomic mass is 16.5. The first-order valence-corrected chi connectivity index (χ1v) is 9.99. The van der Waals surface area contributed by atoms with Crippen molar-refractivity contribution in [3.05, 3.63) is 35.9 Å². The van der Waals surface area contributed by atoms with E-state index < -0.39 is 5.97 Å². The van der Waals surface area contributed by atoms with Gasteiger partial charge in [-0.2, -0.15) is 0 Å². The standard InChI is InChI=1S/C21H32N2O4/c1-2-27-21(26)19(13-12-17-9-5-3-6-10-17)22-18-11-7-4-8-14-23(15-18)16-20(24)25/h3,5-6,9-10,18-19,22H,2,4,7-8,11-16H2,1H3,(H,24,25)/t18-,19-/m0/s1. The lowest BCUT2D eigenvalue weighted by Gasteiger charge is -2.31. The Hall–Kier alpha value is -1.92. The Kier molecular flexibility index (Phi) is 9.28. The van der Waals surface area contributed by atoms with Gasteiger partial charge < -0.3 is 15.2 Å². The number of nitrogens with one attached hydrogen (secondary N) is 1. The molecule has 0 radical (unpaired) electrons. The molecule has 0 bridgehead atoms. The van der Waals surface area contributed by atoms with Crippen molar-refractivity contribution in [2.75, 3.05) is 26.2 Å². The number of likely N-dealkylation sites (tertiary alicyclic amines) is 1. The van der Waals surface area contributed by atoms with E-state index in [1.807, 2.05) is 30.0 Å². The topological polar surface area (TPSA) is 78.9 Å². The summed E-state index contributed by atoms with van der Waals surface area (Å²) in [7, 11) is 0. The third kappa shape index (κ3) is 8.10. The summed E-state index contributed by atoms with van der Waals surface area (Å²) in [6, 6.07) is 9.83. The Morgan fingerprint density at radius 2 is 2.04 bits per heavy atom. The molecule has 27 heavy (non-hydrogen) atoms. The summed E-state index contributed by atoms with van der Waals surface area (Å²) in [4.78, 5) is 25.5. The number of carboxylic acid groups (broad SMARTS) is 1. The van der Waals surface area contributed by atoms with Gasteiger partial charge in [0.15, 0.2) is 0 Å². The molecule has 2 rings (SSSR count). The van der Waals surface area contributed by atoms with E-state index in [0.717, 1.165) is 38.6 Å². The number of benzene rings is 1. The van der Waals surface area contributed by atoms with Crippen molar-refractivity contribution < 1.29 is 19.4 Å². The largest absolute Gasteiger partial charge is 0.480 e. The average molecular weight is 376 g/mol. The highest BCUT2D eigenvalue weighted by molar-refractivity contribution is 5.75. The number of carbonyl (C=O) groups is 2. The van der Waals surface area contributed by atoms with E-state index in [2.05, 4.69) is 17.4 Å². The molecular formula is C21H32N2O4. The lowest BCUT2D eigenvalue weighted by molar-refractivity contribution is -0.146. The predicted molar refractivity (Wildman–Crippen MR) is 105 cm³/mol. The first-order valence-electron chi connectivity index (χ1n) is 9.99. The molecule has 1 saturated heterocycles. The first-order chi connectivity index (χ1) is 13.1. The van der Waals surface area contributed by atoms with Crippen LogP contribution in [0, 0.1) is 0 Å². The Morgan fingerprint density at radius 3 is 2.74 bits per heavy atom. The zero-order valence-corrected chi connectivity index (χ0v) is 16.2. The van der Waals surface area contributed by atoms with Crippen molar-refractivity contribution in [3.8, 4) is 0 Å². The van der Waals surface area contributed by atoms with Crippen LogP contribution >= 0.6 is 0 Å². The quantitative estimate of drug-likeness (QED) is 0.645. The van der Waals surface area contributed by atoms with Crippen LogP contribution in [0.15, 0.2) is 30.3 Å². The Balaban J connectivity index is 1.99. The number of ether oxygens (including phenoxy) is 1. The number of hydrogen-bond acceptors (Lipinski definition) is 5. The summed E-state index contributed by atoms with van der Waals surface area (Å²) in [5.41, 5.74) is 1.19. The second-order valence-corrected chi connectivity index (χ2v) is 7.17. The van der Waals surface area contributed by atoms with Gasteiger partial charge in [-0.25, -0.2) is 0 Å². The average Bonchev–Trinajstić information content (AvgIpc) is 2.62. The van der Waals surface area contributed by atoms with E-state index in [4.69, 9.17) is 9.84 Å². The zero-order chi connectivity index (χ0) is 19.5. The van der Waals surface area contributed by atoms with Crippen molar-refractivity contribution in [1.29, 1.82) is 0 Å². The molecule has 1 aromatic carbocycles. The normalized spacial score (nSPS) is 19.7. The van der Waals surface area contributed by atoms with Crippen LogP contribution in [0.5, 0.6) is 0 Å². The highest BCUT2D eigenvalue weighted by Gasteiger charge is 2.25. The van der Waals surface area contributed by atoms with Gasteiger partial charge in [0.05, 0.1) is 13.2 Å². The second-order valence-electron chi connectivity index (χ2n) is 7.17. The number of carboxylic acids is 1. The maximum atomic E-state index is 12.5. The Labute approximate surface area is 161 Å². The summed E-state index contributed by atoms with van der Waals surface area (Å²) in [6.45, 7) is 3.66. The van der Waals surface area contributed by atoms with Gasteiger partial charge in [0, 0.05) is 12.6 Å². The molecule has 6 heteroatoms. The molecule has 0 aromatic heterocycles. The molecule has 0 unspecified atom stereocenters. The molecule has 2 N–H and O–H groups in total. The Bertz CT molecular complexity index is 579. The van der Waals surface area contributed by atoms with E-state index in [0.29, 0.717) is 19.6 Å². The molecule has 1 aliphatic rings. The molecule has 2 atom stereocenters. The maximum Gasteiger partial charge on any atom is 0.323 e. The highest BCUT2D eigenvalue weighted by Crippen LogP contribution is 2.14. The molecule has 150 valence electrons. The smallest absolute Gasteiger partial charge is 0.323 e. The molecule has 0 amide bonds. The van der Waals surface area contributed by atoms with Crippen molar-refractivity contribution in [1.82, 2.24) is 10.2 Å². The van der Waals surface area contributed by atoms with Gasteiger partial charge in [-0.05, 0) is 44.7 Å². The van der Waals surface area contributed by atoms with Crippen molar-refractivity contribution >= 4 is 11.9 Å². The fraction of sp³-hybridized carbons (Fsp3) is 0.619. The SMILES string of the molecule is CCOC(=O)[C@H](CCc1ccccc1)N[C@H]1CCCCCN(CC(=O)O)C1. The fourth-order valence-corrected chi connectivity index (χ4v) is 3.62. The summed E-state index contributed by atoms with van der Waals surface area (Å²) in [5, 5.41) is 12.6. The first kappa shape index (κ1) is 21.4. The predicted octanol–water partition coefficient (Wildman–Crippen LogP) is 2.47. The van der Waals surface area contributed by atoms with Crippen LogP contribution in [-0.4, -0.2) is 60.3 Å². The van der Waals surface area contributed by atoms with Gasteiger partial charge in [0.1, 0.15) is 6.04 Å². The van der Waals surface area contributed by atoms with Gasteiger partial charge in [0.25, 0.3) is 0 Å².